The van der Waals surface area contributed by atoms with Gasteiger partial charge in [-0.25, -0.2) is 4.39 Å². The normalized spacial score (nSPS) is 11.5. The molecule has 0 heterocycles. The van der Waals surface area contributed by atoms with E-state index in [1.165, 1.54) is 12.1 Å². The van der Waals surface area contributed by atoms with Gasteiger partial charge in [0.1, 0.15) is 5.82 Å². The van der Waals surface area contributed by atoms with Gasteiger partial charge in [0, 0.05) is 6.07 Å². The number of nitrogens with one attached hydrogen (secondary N) is 1. The maximum Gasteiger partial charge on any atom is 0.143 e. The van der Waals surface area contributed by atoms with Crippen molar-refractivity contribution in [3.63, 3.8) is 0 Å². The molecule has 4 N–H and O–H groups in total. The summed E-state index contributed by atoms with van der Waals surface area (Å²) in [6.45, 7) is 3.47. The number of rotatable bonds is 3. The highest BCUT2D eigenvalue weighted by molar-refractivity contribution is 6.31. The van der Waals surface area contributed by atoms with Gasteiger partial charge < -0.3 is 16.2 Å². The average Bonchev–Trinajstić information content (AvgIpc) is 2.14. The quantitative estimate of drug-likeness (QED) is 0.701. The van der Waals surface area contributed by atoms with Crippen LogP contribution in [0.3, 0.4) is 0 Å². The second-order valence-corrected chi connectivity index (χ2v) is 4.43. The summed E-state index contributed by atoms with van der Waals surface area (Å²) >= 11 is 5.56. The Hall–Kier alpha value is -1.00. The van der Waals surface area contributed by atoms with Gasteiger partial charge in [-0.3, -0.25) is 0 Å². The summed E-state index contributed by atoms with van der Waals surface area (Å²) in [4.78, 5) is 0. The molecule has 0 saturated carbocycles. The van der Waals surface area contributed by atoms with Crippen LogP contribution < -0.4 is 11.1 Å². The van der Waals surface area contributed by atoms with Gasteiger partial charge in [0.05, 0.1) is 28.5 Å². The largest absolute Gasteiger partial charge is 0.397 e. The molecule has 0 radical (unpaired) electrons. The van der Waals surface area contributed by atoms with Crippen LogP contribution in [0.2, 0.25) is 5.02 Å². The van der Waals surface area contributed by atoms with E-state index in [0.29, 0.717) is 11.4 Å². The molecule has 0 amide bonds. The fourth-order valence-corrected chi connectivity index (χ4v) is 1.25. The predicted octanol–water partition coefficient (Wildman–Crippen LogP) is 2.24. The van der Waals surface area contributed by atoms with E-state index in [2.05, 4.69) is 5.32 Å². The first-order chi connectivity index (χ1) is 6.85. The summed E-state index contributed by atoms with van der Waals surface area (Å²) in [6.07, 6.45) is 0. The Balaban J connectivity index is 3.01. The van der Waals surface area contributed by atoms with Gasteiger partial charge in [-0.05, 0) is 19.9 Å². The zero-order valence-electron chi connectivity index (χ0n) is 8.64. The van der Waals surface area contributed by atoms with Crippen molar-refractivity contribution in [2.75, 3.05) is 17.7 Å². The molecule has 1 aromatic rings. The molecule has 0 aliphatic carbocycles. The minimum Gasteiger partial charge on any atom is -0.397 e. The lowest BCUT2D eigenvalue weighted by Gasteiger charge is -2.25. The van der Waals surface area contributed by atoms with Gasteiger partial charge in [-0.15, -0.1) is 0 Å². The third kappa shape index (κ3) is 2.97. The lowest BCUT2D eigenvalue weighted by atomic mass is 10.1. The number of nitrogens with two attached hydrogens (primary N) is 1. The van der Waals surface area contributed by atoms with Crippen LogP contribution in [-0.2, 0) is 0 Å². The molecule has 15 heavy (non-hydrogen) atoms. The second kappa shape index (κ2) is 4.24. The Morgan fingerprint density at radius 1 is 1.53 bits per heavy atom. The highest BCUT2D eigenvalue weighted by Gasteiger charge is 2.17. The molecule has 0 aromatic heterocycles. The van der Waals surface area contributed by atoms with E-state index >= 15 is 0 Å². The number of benzene rings is 1. The van der Waals surface area contributed by atoms with E-state index < -0.39 is 11.4 Å². The monoisotopic (exact) mass is 232 g/mol. The van der Waals surface area contributed by atoms with Gasteiger partial charge in [-0.2, -0.15) is 0 Å². The van der Waals surface area contributed by atoms with Crippen LogP contribution in [0.1, 0.15) is 13.8 Å². The average molecular weight is 233 g/mol. The van der Waals surface area contributed by atoms with E-state index in [0.717, 1.165) is 0 Å². The molecule has 0 saturated heterocycles. The SMILES string of the molecule is CC(C)(CO)Nc1cc(F)c(Cl)cc1N. The number of hydrogen-bond donors (Lipinski definition) is 3. The molecule has 0 atom stereocenters. The van der Waals surface area contributed by atoms with Gasteiger partial charge in [0.2, 0.25) is 0 Å². The van der Waals surface area contributed by atoms with Crippen molar-refractivity contribution in [1.82, 2.24) is 0 Å². The third-order valence-corrected chi connectivity index (χ3v) is 2.25. The fourth-order valence-electron chi connectivity index (χ4n) is 1.07. The Kier molecular flexibility index (Phi) is 3.42. The number of nitrogen functional groups attached to an aromatic ring is 1. The topological polar surface area (TPSA) is 58.3 Å². The van der Waals surface area contributed by atoms with Crippen LogP contribution in [0.5, 0.6) is 0 Å². The summed E-state index contributed by atoms with van der Waals surface area (Å²) in [5.41, 5.74) is 5.87. The zero-order chi connectivity index (χ0) is 11.6. The molecule has 1 aromatic carbocycles. The first kappa shape index (κ1) is 12.1. The Bertz CT molecular complexity index is 369. The molecule has 0 spiro atoms. The van der Waals surface area contributed by atoms with Crippen LogP contribution >= 0.6 is 11.6 Å². The Morgan fingerprint density at radius 3 is 2.67 bits per heavy atom. The van der Waals surface area contributed by atoms with Crippen LogP contribution in [-0.4, -0.2) is 17.3 Å². The van der Waals surface area contributed by atoms with Gasteiger partial charge in [0.25, 0.3) is 0 Å². The Labute approximate surface area is 93.0 Å². The van der Waals surface area contributed by atoms with E-state index in [1.54, 1.807) is 13.8 Å². The second-order valence-electron chi connectivity index (χ2n) is 4.02. The molecule has 1 rings (SSSR count). The van der Waals surface area contributed by atoms with Crippen LogP contribution in [0, 0.1) is 5.82 Å². The maximum atomic E-state index is 13.1. The zero-order valence-corrected chi connectivity index (χ0v) is 9.40. The Morgan fingerprint density at radius 2 is 2.13 bits per heavy atom. The van der Waals surface area contributed by atoms with E-state index in [9.17, 15) is 4.39 Å². The van der Waals surface area contributed by atoms with Crippen molar-refractivity contribution in [1.29, 1.82) is 0 Å². The first-order valence-electron chi connectivity index (χ1n) is 4.49. The van der Waals surface area contributed by atoms with Crippen LogP contribution in [0.25, 0.3) is 0 Å². The summed E-state index contributed by atoms with van der Waals surface area (Å²) in [7, 11) is 0. The predicted molar refractivity (Wildman–Crippen MR) is 60.6 cm³/mol. The summed E-state index contributed by atoms with van der Waals surface area (Å²) in [5, 5.41) is 12.0. The molecule has 0 aliphatic rings. The number of anilines is 2. The molecular formula is C10H14ClFN2O. The van der Waals surface area contributed by atoms with Crippen LogP contribution in [0.15, 0.2) is 12.1 Å². The maximum absolute atomic E-state index is 13.1. The number of aliphatic hydroxyl groups is 1. The number of hydrogen-bond acceptors (Lipinski definition) is 3. The first-order valence-corrected chi connectivity index (χ1v) is 4.87. The summed E-state index contributed by atoms with van der Waals surface area (Å²) in [5.74, 6) is -0.540. The fraction of sp³-hybridized carbons (Fsp3) is 0.400. The molecule has 0 aliphatic heterocycles. The summed E-state index contributed by atoms with van der Waals surface area (Å²) in [6, 6.07) is 2.56. The molecule has 5 heteroatoms. The molecule has 0 bridgehead atoms. The molecular weight excluding hydrogens is 219 g/mol. The molecule has 0 unspecified atom stereocenters. The standard InChI is InChI=1S/C10H14ClFN2O/c1-10(2,5-15)14-9-4-7(12)6(11)3-8(9)13/h3-4,14-15H,5,13H2,1-2H3. The minimum atomic E-state index is -0.561. The number of aliphatic hydroxyl groups excluding tert-OH is 1. The molecule has 3 nitrogen and oxygen atoms in total. The van der Waals surface area contributed by atoms with Crippen molar-refractivity contribution >= 4 is 23.0 Å². The highest BCUT2D eigenvalue weighted by Crippen LogP contribution is 2.28. The lowest BCUT2D eigenvalue weighted by Crippen LogP contribution is -2.35. The molecule has 84 valence electrons. The number of halogens is 2. The third-order valence-electron chi connectivity index (χ3n) is 1.96. The van der Waals surface area contributed by atoms with Crippen molar-refractivity contribution in [2.24, 2.45) is 0 Å². The van der Waals surface area contributed by atoms with Crippen molar-refractivity contribution in [3.05, 3.63) is 23.0 Å². The van der Waals surface area contributed by atoms with E-state index in [1.807, 2.05) is 0 Å². The van der Waals surface area contributed by atoms with Crippen molar-refractivity contribution in [3.8, 4) is 0 Å². The van der Waals surface area contributed by atoms with Crippen molar-refractivity contribution < 1.29 is 9.50 Å². The smallest absolute Gasteiger partial charge is 0.143 e. The van der Waals surface area contributed by atoms with E-state index in [-0.39, 0.29) is 11.6 Å². The minimum absolute atomic E-state index is 0.0140. The lowest BCUT2D eigenvalue weighted by molar-refractivity contribution is 0.234. The molecule has 0 fully saturated rings. The van der Waals surface area contributed by atoms with E-state index in [4.69, 9.17) is 22.4 Å². The van der Waals surface area contributed by atoms with Crippen LogP contribution in [0.4, 0.5) is 15.8 Å². The van der Waals surface area contributed by atoms with Gasteiger partial charge in [0.15, 0.2) is 0 Å². The van der Waals surface area contributed by atoms with Crippen molar-refractivity contribution in [2.45, 2.75) is 19.4 Å². The highest BCUT2D eigenvalue weighted by atomic mass is 35.5. The van der Waals surface area contributed by atoms with Gasteiger partial charge in [-0.1, -0.05) is 11.6 Å². The summed E-state index contributed by atoms with van der Waals surface area (Å²) < 4.78 is 13.1. The van der Waals surface area contributed by atoms with Gasteiger partial charge >= 0.3 is 0 Å².